The van der Waals surface area contributed by atoms with Gasteiger partial charge in [-0.1, -0.05) is 45.9 Å². The first-order valence-electron chi connectivity index (χ1n) is 16.0. The number of rotatable bonds is 10. The Morgan fingerprint density at radius 2 is 1.50 bits per heavy atom. The minimum absolute atomic E-state index is 0.126. The molecule has 1 saturated heterocycles. The second-order valence-corrected chi connectivity index (χ2v) is 13.8. The van der Waals surface area contributed by atoms with Crippen LogP contribution >= 0.6 is 0 Å². The zero-order chi connectivity index (χ0) is 34.4. The average Bonchev–Trinajstić information content (AvgIpc) is 3.18. The molecule has 1 aromatic carbocycles. The molecule has 3 aliphatic rings. The van der Waals surface area contributed by atoms with Crippen LogP contribution < -0.4 is 0 Å². The largest absolute Gasteiger partial charge is 0.464 e. The zero-order valence-electron chi connectivity index (χ0n) is 27.8. The summed E-state index contributed by atoms with van der Waals surface area (Å²) in [7, 11) is 0. The molecule has 1 spiro atoms. The molecule has 2 saturated carbocycles. The second kappa shape index (κ2) is 12.9. The van der Waals surface area contributed by atoms with Gasteiger partial charge in [0, 0.05) is 13.3 Å². The Morgan fingerprint density at radius 3 is 2.07 bits per heavy atom. The fourth-order valence-corrected chi connectivity index (χ4v) is 7.74. The van der Waals surface area contributed by atoms with Crippen molar-refractivity contribution in [2.24, 2.45) is 23.2 Å². The second-order valence-electron chi connectivity index (χ2n) is 13.8. The monoisotopic (exact) mass is 648 g/mol. The van der Waals surface area contributed by atoms with E-state index in [1.807, 2.05) is 0 Å². The number of ether oxygens (including phenoxy) is 5. The van der Waals surface area contributed by atoms with Crippen molar-refractivity contribution in [2.75, 3.05) is 6.61 Å². The van der Waals surface area contributed by atoms with Gasteiger partial charge in [0.2, 0.25) is 0 Å². The maximum atomic E-state index is 13.9. The number of aliphatic hydroxyl groups is 3. The van der Waals surface area contributed by atoms with Crippen LogP contribution in [0.25, 0.3) is 0 Å². The standard InChI is InChI=1S/C34H48O12/c1-9-18(3)28(38)42-17-33-26(43-20(5)35)22(36)16-32(8,41)34(33)25(37)23(31(6,7)46-34)24(44-29(39)19(4)10-2)27(33)45-30(40)21-14-12-11-13-15-21/h11-15,18-19,22-27,36-37,41H,9-10,16-17H2,1-8H3/t18?,19?,22-,23+,24-,25+,26-,27+,32-,33-,34-/m0/s1. The third-order valence-corrected chi connectivity index (χ3v) is 10.4. The third kappa shape index (κ3) is 5.61. The molecule has 3 fully saturated rings. The molecule has 2 bridgehead atoms. The van der Waals surface area contributed by atoms with Crippen LogP contribution in [0.15, 0.2) is 30.3 Å². The lowest BCUT2D eigenvalue weighted by Crippen LogP contribution is -2.85. The maximum absolute atomic E-state index is 13.9. The molecular formula is C34H48O12. The molecule has 1 heterocycles. The van der Waals surface area contributed by atoms with Crippen molar-refractivity contribution in [1.29, 1.82) is 0 Å². The van der Waals surface area contributed by atoms with Crippen LogP contribution in [0.4, 0.5) is 0 Å². The molecule has 4 rings (SSSR count). The SMILES string of the molecule is CCC(C)C(=O)OC[C@]12[C@H](OC(=O)c3ccccc3)[C@@H](OC(=O)C(C)CC)[C@@H]3[C@@H](O)[C@]1(OC3(C)C)[C@@](C)(O)C[C@H](O)[C@@H]2OC(C)=O. The van der Waals surface area contributed by atoms with Gasteiger partial charge in [-0.3, -0.25) is 14.4 Å². The Morgan fingerprint density at radius 1 is 0.913 bits per heavy atom. The highest BCUT2D eigenvalue weighted by atomic mass is 16.6. The summed E-state index contributed by atoms with van der Waals surface area (Å²) in [5.41, 5.74) is -7.68. The molecule has 256 valence electrons. The number of hydrogen-bond acceptors (Lipinski definition) is 12. The van der Waals surface area contributed by atoms with Gasteiger partial charge in [0.1, 0.15) is 29.8 Å². The Hall–Kier alpha value is -3.06. The molecule has 11 atom stereocenters. The van der Waals surface area contributed by atoms with E-state index in [0.717, 1.165) is 6.92 Å². The van der Waals surface area contributed by atoms with Gasteiger partial charge >= 0.3 is 23.9 Å². The highest BCUT2D eigenvalue weighted by Crippen LogP contribution is 2.68. The summed E-state index contributed by atoms with van der Waals surface area (Å²) in [5.74, 6) is -5.30. The van der Waals surface area contributed by atoms with E-state index < -0.39 is 107 Å². The van der Waals surface area contributed by atoms with Gasteiger partial charge < -0.3 is 39.0 Å². The quantitative estimate of drug-likeness (QED) is 0.250. The summed E-state index contributed by atoms with van der Waals surface area (Å²) >= 11 is 0. The Labute approximate surface area is 269 Å². The van der Waals surface area contributed by atoms with Gasteiger partial charge in [0.15, 0.2) is 6.10 Å². The predicted octanol–water partition coefficient (Wildman–Crippen LogP) is 2.73. The van der Waals surface area contributed by atoms with Crippen molar-refractivity contribution in [1.82, 2.24) is 0 Å². The smallest absolute Gasteiger partial charge is 0.338 e. The van der Waals surface area contributed by atoms with E-state index in [-0.39, 0.29) is 5.56 Å². The topological polar surface area (TPSA) is 175 Å². The highest BCUT2D eigenvalue weighted by Gasteiger charge is 2.87. The summed E-state index contributed by atoms with van der Waals surface area (Å²) in [5, 5.41) is 36.2. The summed E-state index contributed by atoms with van der Waals surface area (Å²) in [6, 6.07) is 7.97. The molecule has 0 aromatic heterocycles. The minimum atomic E-state index is -2.20. The van der Waals surface area contributed by atoms with E-state index in [9.17, 15) is 34.5 Å². The lowest BCUT2D eigenvalue weighted by atomic mass is 9.45. The fourth-order valence-electron chi connectivity index (χ4n) is 7.74. The predicted molar refractivity (Wildman–Crippen MR) is 162 cm³/mol. The summed E-state index contributed by atoms with van der Waals surface area (Å²) in [6.45, 7) is 11.9. The van der Waals surface area contributed by atoms with Crippen LogP contribution in [-0.4, -0.2) is 93.1 Å². The van der Waals surface area contributed by atoms with E-state index in [4.69, 9.17) is 23.7 Å². The lowest BCUT2D eigenvalue weighted by Gasteiger charge is -2.66. The van der Waals surface area contributed by atoms with E-state index in [1.54, 1.807) is 59.7 Å². The first-order valence-corrected chi connectivity index (χ1v) is 16.0. The van der Waals surface area contributed by atoms with Crippen LogP contribution in [0.3, 0.4) is 0 Å². The number of esters is 4. The summed E-state index contributed by atoms with van der Waals surface area (Å²) in [4.78, 5) is 53.3. The maximum Gasteiger partial charge on any atom is 0.338 e. The fraction of sp³-hybridized carbons (Fsp3) is 0.706. The van der Waals surface area contributed by atoms with Gasteiger partial charge in [0.05, 0.1) is 46.7 Å². The van der Waals surface area contributed by atoms with Gasteiger partial charge in [-0.05, 0) is 45.7 Å². The summed E-state index contributed by atoms with van der Waals surface area (Å²) in [6.07, 6.45) is -7.66. The van der Waals surface area contributed by atoms with E-state index in [2.05, 4.69) is 0 Å². The molecule has 46 heavy (non-hydrogen) atoms. The van der Waals surface area contributed by atoms with Crippen LogP contribution in [-0.2, 0) is 38.1 Å². The van der Waals surface area contributed by atoms with Crippen molar-refractivity contribution < 1.29 is 58.2 Å². The average molecular weight is 649 g/mol. The van der Waals surface area contributed by atoms with Gasteiger partial charge in [-0.15, -0.1) is 0 Å². The number of hydrogen-bond donors (Lipinski definition) is 3. The van der Waals surface area contributed by atoms with Crippen molar-refractivity contribution in [3.05, 3.63) is 35.9 Å². The van der Waals surface area contributed by atoms with Crippen LogP contribution in [0.1, 0.15) is 85.0 Å². The molecule has 12 nitrogen and oxygen atoms in total. The Balaban J connectivity index is 2.08. The van der Waals surface area contributed by atoms with Crippen molar-refractivity contribution in [2.45, 2.75) is 122 Å². The minimum Gasteiger partial charge on any atom is -0.464 e. The molecule has 1 aromatic rings. The Bertz CT molecular complexity index is 1310. The Kier molecular flexibility index (Phi) is 10.0. The normalized spacial score (nSPS) is 37.3. The number of carbonyl (C=O) groups excluding carboxylic acids is 4. The number of fused-ring (bicyclic) bond motifs is 1. The molecule has 0 amide bonds. The van der Waals surface area contributed by atoms with Crippen LogP contribution in [0, 0.1) is 23.2 Å². The van der Waals surface area contributed by atoms with Gasteiger partial charge in [0.25, 0.3) is 0 Å². The number of benzene rings is 1. The molecule has 1 aliphatic heterocycles. The molecule has 2 aliphatic carbocycles. The van der Waals surface area contributed by atoms with Gasteiger partial charge in [-0.25, -0.2) is 4.79 Å². The molecule has 3 N–H and O–H groups in total. The van der Waals surface area contributed by atoms with Crippen LogP contribution in [0.2, 0.25) is 0 Å². The van der Waals surface area contributed by atoms with Crippen molar-refractivity contribution in [3.63, 3.8) is 0 Å². The first-order chi connectivity index (χ1) is 21.4. The number of aliphatic hydroxyl groups excluding tert-OH is 2. The zero-order valence-corrected chi connectivity index (χ0v) is 27.8. The van der Waals surface area contributed by atoms with Crippen LogP contribution in [0.5, 0.6) is 0 Å². The van der Waals surface area contributed by atoms with E-state index in [1.165, 1.54) is 19.1 Å². The van der Waals surface area contributed by atoms with E-state index in [0.29, 0.717) is 12.8 Å². The third-order valence-electron chi connectivity index (χ3n) is 10.4. The van der Waals surface area contributed by atoms with E-state index >= 15 is 0 Å². The molecule has 12 heteroatoms. The molecule has 0 radical (unpaired) electrons. The van der Waals surface area contributed by atoms with Crippen molar-refractivity contribution in [3.8, 4) is 0 Å². The number of carbonyl (C=O) groups is 4. The molecule has 2 unspecified atom stereocenters. The van der Waals surface area contributed by atoms with Crippen molar-refractivity contribution >= 4 is 23.9 Å². The lowest BCUT2D eigenvalue weighted by molar-refractivity contribution is -0.362. The first kappa shape index (κ1) is 35.8. The van der Waals surface area contributed by atoms with Gasteiger partial charge in [-0.2, -0.15) is 0 Å². The highest BCUT2D eigenvalue weighted by molar-refractivity contribution is 5.89. The molecular weight excluding hydrogens is 600 g/mol. The summed E-state index contributed by atoms with van der Waals surface area (Å²) < 4.78 is 30.8.